The van der Waals surface area contributed by atoms with Gasteiger partial charge in [0.05, 0.1) is 22.5 Å². The van der Waals surface area contributed by atoms with Gasteiger partial charge in [-0.3, -0.25) is 9.69 Å². The topological polar surface area (TPSA) is 101 Å². The summed E-state index contributed by atoms with van der Waals surface area (Å²) < 4.78 is 33.9. The van der Waals surface area contributed by atoms with E-state index in [-0.39, 0.29) is 16.8 Å². The molecule has 1 amide bonds. The number of furan rings is 1. The average molecular weight is 488 g/mol. The molecular weight excluding hydrogens is 454 g/mol. The molecule has 1 aromatic carbocycles. The van der Waals surface area contributed by atoms with Crippen LogP contribution in [0.2, 0.25) is 0 Å². The minimum Gasteiger partial charge on any atom is -0.456 e. The standard InChI is InChI=1S/C24H33N5O4S/c1-5-12-29-21-8-7-19(34(31,32)27(3)4)15-20(21)26-23(29)16-28-13-10-18(11-14-28)25-24(30)22-9-6-17(2)33-22/h6-9,15,18H,5,10-14,16H2,1-4H3,(H,25,30). The Morgan fingerprint density at radius 3 is 2.56 bits per heavy atom. The molecule has 4 rings (SSSR count). The van der Waals surface area contributed by atoms with Gasteiger partial charge in [-0.05, 0) is 56.5 Å². The first-order valence-electron chi connectivity index (χ1n) is 11.7. The number of nitrogens with zero attached hydrogens (tertiary/aromatic N) is 4. The van der Waals surface area contributed by atoms with Crippen molar-refractivity contribution in [3.63, 3.8) is 0 Å². The van der Waals surface area contributed by atoms with Crippen molar-refractivity contribution in [1.82, 2.24) is 24.1 Å². The number of aromatic nitrogens is 2. The van der Waals surface area contributed by atoms with Gasteiger partial charge < -0.3 is 14.3 Å². The number of benzene rings is 1. The van der Waals surface area contributed by atoms with Crippen LogP contribution in [0.5, 0.6) is 0 Å². The van der Waals surface area contributed by atoms with E-state index in [0.717, 1.165) is 56.0 Å². The maximum atomic E-state index is 12.6. The molecule has 0 spiro atoms. The van der Waals surface area contributed by atoms with E-state index in [1.165, 1.54) is 18.4 Å². The average Bonchev–Trinajstić information content (AvgIpc) is 3.38. The molecule has 0 aliphatic carbocycles. The summed E-state index contributed by atoms with van der Waals surface area (Å²) in [6.07, 6.45) is 2.66. The number of nitrogens with one attached hydrogen (secondary N) is 1. The molecule has 1 saturated heterocycles. The van der Waals surface area contributed by atoms with E-state index in [1.54, 1.807) is 24.3 Å². The molecule has 9 nitrogen and oxygen atoms in total. The quantitative estimate of drug-likeness (QED) is 0.524. The van der Waals surface area contributed by atoms with E-state index in [1.807, 2.05) is 13.0 Å². The highest BCUT2D eigenvalue weighted by Crippen LogP contribution is 2.24. The zero-order valence-corrected chi connectivity index (χ0v) is 21.1. The third kappa shape index (κ3) is 5.03. The molecule has 0 saturated carbocycles. The lowest BCUT2D eigenvalue weighted by Gasteiger charge is -2.32. The third-order valence-electron chi connectivity index (χ3n) is 6.28. The number of aryl methyl sites for hydroxylation is 2. The fraction of sp³-hybridized carbons (Fsp3) is 0.500. The van der Waals surface area contributed by atoms with E-state index in [2.05, 4.69) is 21.7 Å². The number of likely N-dealkylation sites (tertiary alicyclic amines) is 1. The fourth-order valence-electron chi connectivity index (χ4n) is 4.37. The van der Waals surface area contributed by atoms with Gasteiger partial charge in [0, 0.05) is 39.8 Å². The van der Waals surface area contributed by atoms with Crippen molar-refractivity contribution in [2.24, 2.45) is 0 Å². The van der Waals surface area contributed by atoms with Crippen LogP contribution in [0.15, 0.2) is 39.6 Å². The Morgan fingerprint density at radius 2 is 1.94 bits per heavy atom. The second-order valence-electron chi connectivity index (χ2n) is 9.05. The lowest BCUT2D eigenvalue weighted by molar-refractivity contribution is 0.0878. The van der Waals surface area contributed by atoms with Gasteiger partial charge in [0.1, 0.15) is 11.6 Å². The molecule has 3 heterocycles. The summed E-state index contributed by atoms with van der Waals surface area (Å²) in [7, 11) is -0.454. The SMILES string of the molecule is CCCn1c(CN2CCC(NC(=O)c3ccc(C)o3)CC2)nc2cc(S(=O)(=O)N(C)C)ccc21. The van der Waals surface area contributed by atoms with Gasteiger partial charge >= 0.3 is 0 Å². The van der Waals surface area contributed by atoms with Crippen molar-refractivity contribution < 1.29 is 17.6 Å². The molecule has 1 aliphatic rings. The Hall–Kier alpha value is -2.69. The van der Waals surface area contributed by atoms with Crippen LogP contribution in [-0.4, -0.2) is 66.3 Å². The predicted octanol–water partition coefficient (Wildman–Crippen LogP) is 2.99. The van der Waals surface area contributed by atoms with Crippen LogP contribution in [0.4, 0.5) is 0 Å². The molecule has 34 heavy (non-hydrogen) atoms. The number of imidazole rings is 1. The van der Waals surface area contributed by atoms with E-state index in [4.69, 9.17) is 9.40 Å². The summed E-state index contributed by atoms with van der Waals surface area (Å²) >= 11 is 0. The van der Waals surface area contributed by atoms with Crippen molar-refractivity contribution in [2.45, 2.75) is 57.1 Å². The van der Waals surface area contributed by atoms with Gasteiger partial charge in [-0.25, -0.2) is 17.7 Å². The Kier molecular flexibility index (Phi) is 7.11. The number of sulfonamides is 1. The zero-order valence-electron chi connectivity index (χ0n) is 20.2. The highest BCUT2D eigenvalue weighted by atomic mass is 32.2. The monoisotopic (exact) mass is 487 g/mol. The second-order valence-corrected chi connectivity index (χ2v) is 11.2. The second kappa shape index (κ2) is 9.89. The van der Waals surface area contributed by atoms with Crippen LogP contribution < -0.4 is 5.32 Å². The number of rotatable bonds is 8. The smallest absolute Gasteiger partial charge is 0.287 e. The number of amides is 1. The molecule has 2 aromatic heterocycles. The maximum absolute atomic E-state index is 12.6. The maximum Gasteiger partial charge on any atom is 0.287 e. The molecule has 1 fully saturated rings. The Morgan fingerprint density at radius 1 is 1.21 bits per heavy atom. The summed E-state index contributed by atoms with van der Waals surface area (Å²) in [5.74, 6) is 1.84. The molecule has 10 heteroatoms. The van der Waals surface area contributed by atoms with Crippen molar-refractivity contribution >= 4 is 27.0 Å². The molecule has 1 N–H and O–H groups in total. The Labute approximate surface area is 200 Å². The molecule has 184 valence electrons. The molecule has 0 radical (unpaired) electrons. The highest BCUT2D eigenvalue weighted by Gasteiger charge is 2.24. The normalized spacial score (nSPS) is 15.9. The first kappa shape index (κ1) is 24.4. The number of hydrogen-bond donors (Lipinski definition) is 1. The third-order valence-corrected chi connectivity index (χ3v) is 8.09. The van der Waals surface area contributed by atoms with Crippen molar-refractivity contribution in [2.75, 3.05) is 27.2 Å². The minimum absolute atomic E-state index is 0.113. The summed E-state index contributed by atoms with van der Waals surface area (Å²) in [6.45, 7) is 7.14. The van der Waals surface area contributed by atoms with E-state index < -0.39 is 10.0 Å². The lowest BCUT2D eigenvalue weighted by atomic mass is 10.0. The molecule has 3 aromatic rings. The van der Waals surface area contributed by atoms with Crippen LogP contribution in [0.3, 0.4) is 0 Å². The van der Waals surface area contributed by atoms with Crippen molar-refractivity contribution in [3.05, 3.63) is 47.7 Å². The number of piperidine rings is 1. The van der Waals surface area contributed by atoms with Gasteiger partial charge in [0.25, 0.3) is 5.91 Å². The molecule has 1 aliphatic heterocycles. The van der Waals surface area contributed by atoms with Crippen LogP contribution in [0.1, 0.15) is 48.3 Å². The molecular formula is C24H33N5O4S. The van der Waals surface area contributed by atoms with E-state index in [9.17, 15) is 13.2 Å². The van der Waals surface area contributed by atoms with Gasteiger partial charge in [0.15, 0.2) is 5.76 Å². The van der Waals surface area contributed by atoms with E-state index in [0.29, 0.717) is 17.8 Å². The lowest BCUT2D eigenvalue weighted by Crippen LogP contribution is -2.44. The largest absolute Gasteiger partial charge is 0.456 e. The van der Waals surface area contributed by atoms with E-state index >= 15 is 0 Å². The van der Waals surface area contributed by atoms with Crippen molar-refractivity contribution in [3.8, 4) is 0 Å². The van der Waals surface area contributed by atoms with Crippen molar-refractivity contribution in [1.29, 1.82) is 0 Å². The first-order chi connectivity index (χ1) is 16.2. The predicted molar refractivity (Wildman–Crippen MR) is 130 cm³/mol. The van der Waals surface area contributed by atoms with Crippen LogP contribution in [0, 0.1) is 6.92 Å². The zero-order chi connectivity index (χ0) is 24.5. The summed E-state index contributed by atoms with van der Waals surface area (Å²) in [6, 6.07) is 8.78. The van der Waals surface area contributed by atoms with Crippen LogP contribution in [-0.2, 0) is 23.1 Å². The van der Waals surface area contributed by atoms with Gasteiger partial charge in [-0.15, -0.1) is 0 Å². The summed E-state index contributed by atoms with van der Waals surface area (Å²) in [5.41, 5.74) is 1.65. The molecule has 0 unspecified atom stereocenters. The fourth-order valence-corrected chi connectivity index (χ4v) is 5.30. The van der Waals surface area contributed by atoms with Crippen LogP contribution in [0.25, 0.3) is 11.0 Å². The first-order valence-corrected chi connectivity index (χ1v) is 13.1. The number of fused-ring (bicyclic) bond motifs is 1. The number of carbonyl (C=O) groups is 1. The Balaban J connectivity index is 1.45. The minimum atomic E-state index is -3.51. The number of carbonyl (C=O) groups excluding carboxylic acids is 1. The molecule has 0 bridgehead atoms. The molecule has 0 atom stereocenters. The van der Waals surface area contributed by atoms with Gasteiger partial charge in [-0.2, -0.15) is 0 Å². The highest BCUT2D eigenvalue weighted by molar-refractivity contribution is 7.89. The Bertz CT molecular complexity index is 1270. The van der Waals surface area contributed by atoms with Gasteiger partial charge in [0.2, 0.25) is 10.0 Å². The number of hydrogen-bond acceptors (Lipinski definition) is 6. The summed E-state index contributed by atoms with van der Waals surface area (Å²) in [4.78, 5) is 19.8. The van der Waals surface area contributed by atoms with Crippen LogP contribution >= 0.6 is 0 Å². The summed E-state index contributed by atoms with van der Waals surface area (Å²) in [5, 5.41) is 3.07. The van der Waals surface area contributed by atoms with Gasteiger partial charge in [-0.1, -0.05) is 6.92 Å².